The zero-order chi connectivity index (χ0) is 18.4. The van der Waals surface area contributed by atoms with Crippen LogP contribution < -0.4 is 0 Å². The van der Waals surface area contributed by atoms with Crippen molar-refractivity contribution < 1.29 is 14.3 Å². The summed E-state index contributed by atoms with van der Waals surface area (Å²) in [5.41, 5.74) is 0.393. The Balaban J connectivity index is 2.45. The first-order valence-corrected chi connectivity index (χ1v) is 8.11. The highest BCUT2D eigenvalue weighted by Crippen LogP contribution is 2.22. The third-order valence-electron chi connectivity index (χ3n) is 3.60. The number of hydrogen-bond donors (Lipinski definition) is 0. The van der Waals surface area contributed by atoms with Crippen LogP contribution in [0.1, 0.15) is 41.5 Å². The topological polar surface area (TPSA) is 49.9 Å². The smallest absolute Gasteiger partial charge is 0.274 e. The van der Waals surface area contributed by atoms with E-state index in [1.807, 2.05) is 32.9 Å². The predicted molar refractivity (Wildman–Crippen MR) is 96.9 cm³/mol. The Kier molecular flexibility index (Phi) is 5.93. The van der Waals surface area contributed by atoms with E-state index in [4.69, 9.17) is 4.74 Å². The maximum absolute atomic E-state index is 13.1. The summed E-state index contributed by atoms with van der Waals surface area (Å²) in [5, 5.41) is 2.81. The Morgan fingerprint density at radius 3 is 1.68 bits per heavy atom. The molecule has 0 saturated carbocycles. The third kappa shape index (κ3) is 4.45. The van der Waals surface area contributed by atoms with Gasteiger partial charge < -0.3 is 4.74 Å². The first-order chi connectivity index (χ1) is 11.9. The van der Waals surface area contributed by atoms with E-state index in [0.29, 0.717) is 11.1 Å². The molecule has 0 bridgehead atoms. The lowest BCUT2D eigenvalue weighted by atomic mass is 10.1. The number of nitrogens with zero attached hydrogens (tertiary/aromatic N) is 2. The molecular formula is C20H24N2O3. The number of methoxy groups -OCH3 is 1. The minimum absolute atomic E-state index is 0.0242. The van der Waals surface area contributed by atoms with E-state index in [1.165, 1.54) is 17.1 Å². The summed E-state index contributed by atoms with van der Waals surface area (Å²) < 4.78 is 5.22. The highest BCUT2D eigenvalue weighted by atomic mass is 16.5. The first kappa shape index (κ1) is 18.7. The van der Waals surface area contributed by atoms with Gasteiger partial charge in [-0.1, -0.05) is 36.4 Å². The molecule has 0 aliphatic carbocycles. The molecule has 0 aromatic heterocycles. The van der Waals surface area contributed by atoms with Crippen LogP contribution in [-0.2, 0) is 4.74 Å². The third-order valence-corrected chi connectivity index (χ3v) is 3.60. The summed E-state index contributed by atoms with van der Waals surface area (Å²) in [7, 11) is 1.50. The molecule has 0 unspecified atom stereocenters. The standard InChI is InChI=1S/C20H24N2O3/c1-20(2,3)22(19(24)17-13-9-6-10-14-17)21(15-25-4)18(23)16-11-7-5-8-12-16/h5-14H,15H2,1-4H3. The van der Waals surface area contributed by atoms with Crippen molar-refractivity contribution in [2.24, 2.45) is 0 Å². The molecule has 0 heterocycles. The number of carbonyl (C=O) groups is 2. The van der Waals surface area contributed by atoms with E-state index >= 15 is 0 Å². The number of hydrazine groups is 1. The van der Waals surface area contributed by atoms with Crippen molar-refractivity contribution in [1.29, 1.82) is 0 Å². The molecule has 5 nitrogen and oxygen atoms in total. The predicted octanol–water partition coefficient (Wildman–Crippen LogP) is 3.59. The van der Waals surface area contributed by atoms with Gasteiger partial charge in [-0.05, 0) is 45.0 Å². The van der Waals surface area contributed by atoms with Crippen LogP contribution in [0, 0.1) is 0 Å². The summed E-state index contributed by atoms with van der Waals surface area (Å²) in [4.78, 5) is 26.1. The van der Waals surface area contributed by atoms with Crippen LogP contribution in [0.3, 0.4) is 0 Å². The Bertz CT molecular complexity index is 709. The van der Waals surface area contributed by atoms with Crippen molar-refractivity contribution in [3.63, 3.8) is 0 Å². The minimum atomic E-state index is -0.615. The fourth-order valence-corrected chi connectivity index (χ4v) is 2.54. The van der Waals surface area contributed by atoms with Crippen LogP contribution >= 0.6 is 0 Å². The normalized spacial score (nSPS) is 11.0. The van der Waals surface area contributed by atoms with Crippen molar-refractivity contribution in [2.75, 3.05) is 13.8 Å². The molecule has 0 fully saturated rings. The Labute approximate surface area is 148 Å². The molecule has 5 heteroatoms. The average Bonchev–Trinajstić information content (AvgIpc) is 2.61. The summed E-state index contributed by atoms with van der Waals surface area (Å²) in [6.45, 7) is 5.63. The van der Waals surface area contributed by atoms with Gasteiger partial charge in [0.15, 0.2) is 0 Å². The molecule has 0 spiro atoms. The van der Waals surface area contributed by atoms with Crippen molar-refractivity contribution in [3.8, 4) is 0 Å². The maximum Gasteiger partial charge on any atom is 0.274 e. The average molecular weight is 340 g/mol. The lowest BCUT2D eigenvalue weighted by molar-refractivity contribution is -0.0863. The van der Waals surface area contributed by atoms with Crippen molar-refractivity contribution in [3.05, 3.63) is 71.8 Å². The van der Waals surface area contributed by atoms with E-state index in [0.717, 1.165) is 0 Å². The summed E-state index contributed by atoms with van der Waals surface area (Å²) in [6.07, 6.45) is 0. The molecule has 2 rings (SSSR count). The monoisotopic (exact) mass is 340 g/mol. The molecule has 2 aromatic carbocycles. The second kappa shape index (κ2) is 7.94. The number of hydrogen-bond acceptors (Lipinski definition) is 3. The highest BCUT2D eigenvalue weighted by Gasteiger charge is 2.36. The van der Waals surface area contributed by atoms with Gasteiger partial charge in [0.05, 0.1) is 5.54 Å². The molecule has 0 saturated heterocycles. The van der Waals surface area contributed by atoms with Gasteiger partial charge in [0, 0.05) is 18.2 Å². The summed E-state index contributed by atoms with van der Waals surface area (Å²) in [5.74, 6) is -0.545. The molecule has 0 radical (unpaired) electrons. The van der Waals surface area contributed by atoms with Crippen LogP contribution in [0.15, 0.2) is 60.7 Å². The maximum atomic E-state index is 13.1. The van der Waals surface area contributed by atoms with Gasteiger partial charge in [-0.2, -0.15) is 0 Å². The molecular weight excluding hydrogens is 316 g/mol. The number of carbonyl (C=O) groups excluding carboxylic acids is 2. The van der Waals surface area contributed by atoms with Gasteiger partial charge in [-0.15, -0.1) is 0 Å². The van der Waals surface area contributed by atoms with E-state index in [9.17, 15) is 9.59 Å². The Morgan fingerprint density at radius 2 is 1.28 bits per heavy atom. The molecule has 0 N–H and O–H groups in total. The lowest BCUT2D eigenvalue weighted by Crippen LogP contribution is -2.58. The van der Waals surface area contributed by atoms with Crippen LogP contribution in [0.5, 0.6) is 0 Å². The van der Waals surface area contributed by atoms with E-state index < -0.39 is 5.54 Å². The fourth-order valence-electron chi connectivity index (χ4n) is 2.54. The largest absolute Gasteiger partial charge is 0.362 e. The molecule has 2 amide bonds. The highest BCUT2D eigenvalue weighted by molar-refractivity contribution is 5.99. The molecule has 2 aromatic rings. The van der Waals surface area contributed by atoms with Crippen LogP contribution in [0.25, 0.3) is 0 Å². The van der Waals surface area contributed by atoms with Crippen molar-refractivity contribution in [1.82, 2.24) is 10.0 Å². The van der Waals surface area contributed by atoms with E-state index in [2.05, 4.69) is 0 Å². The lowest BCUT2D eigenvalue weighted by Gasteiger charge is -2.43. The van der Waals surface area contributed by atoms with Crippen molar-refractivity contribution >= 4 is 11.8 Å². The summed E-state index contributed by atoms with van der Waals surface area (Å²) in [6, 6.07) is 17.8. The quantitative estimate of drug-likeness (QED) is 0.631. The molecule has 0 aliphatic heterocycles. The Morgan fingerprint density at radius 1 is 0.840 bits per heavy atom. The SMILES string of the molecule is COCN(C(=O)c1ccccc1)N(C(=O)c1ccccc1)C(C)(C)C. The van der Waals surface area contributed by atoms with Gasteiger partial charge in [0.1, 0.15) is 6.73 Å². The van der Waals surface area contributed by atoms with Crippen LogP contribution in [0.2, 0.25) is 0 Å². The van der Waals surface area contributed by atoms with E-state index in [-0.39, 0.29) is 18.5 Å². The van der Waals surface area contributed by atoms with Gasteiger partial charge >= 0.3 is 0 Å². The molecule has 0 aliphatic rings. The first-order valence-electron chi connectivity index (χ1n) is 8.11. The number of benzene rings is 2. The number of rotatable bonds is 4. The molecule has 132 valence electrons. The second-order valence-electron chi connectivity index (χ2n) is 6.64. The minimum Gasteiger partial charge on any atom is -0.362 e. The second-order valence-corrected chi connectivity index (χ2v) is 6.64. The van der Waals surface area contributed by atoms with Gasteiger partial charge in [0.2, 0.25) is 0 Å². The summed E-state index contributed by atoms with van der Waals surface area (Å²) >= 11 is 0. The van der Waals surface area contributed by atoms with Gasteiger partial charge in [0.25, 0.3) is 11.8 Å². The van der Waals surface area contributed by atoms with Crippen LogP contribution in [0.4, 0.5) is 0 Å². The van der Waals surface area contributed by atoms with E-state index in [1.54, 1.807) is 48.5 Å². The fraction of sp³-hybridized carbons (Fsp3) is 0.300. The zero-order valence-corrected chi connectivity index (χ0v) is 15.1. The van der Waals surface area contributed by atoms with Crippen molar-refractivity contribution in [2.45, 2.75) is 26.3 Å². The van der Waals surface area contributed by atoms with Gasteiger partial charge in [-0.3, -0.25) is 9.59 Å². The Hall–Kier alpha value is -2.66. The molecule has 0 atom stereocenters. The zero-order valence-electron chi connectivity index (χ0n) is 15.1. The number of amides is 2. The van der Waals surface area contributed by atoms with Gasteiger partial charge in [-0.25, -0.2) is 10.0 Å². The number of ether oxygens (including phenoxy) is 1. The molecule has 25 heavy (non-hydrogen) atoms. The van der Waals surface area contributed by atoms with Crippen LogP contribution in [-0.4, -0.2) is 41.2 Å².